The van der Waals surface area contributed by atoms with Crippen LogP contribution in [-0.4, -0.2) is 9.55 Å². The van der Waals surface area contributed by atoms with E-state index < -0.39 is 11.7 Å². The van der Waals surface area contributed by atoms with Gasteiger partial charge in [0.2, 0.25) is 0 Å². The number of benzene rings is 1. The summed E-state index contributed by atoms with van der Waals surface area (Å²) in [5, 5.41) is 0. The van der Waals surface area contributed by atoms with Crippen LogP contribution < -0.4 is 4.74 Å². The third-order valence-electron chi connectivity index (χ3n) is 2.56. The molecule has 0 aliphatic rings. The first kappa shape index (κ1) is 13.5. The van der Waals surface area contributed by atoms with Gasteiger partial charge in [-0.15, -0.1) is 0 Å². The molecule has 0 atom stereocenters. The molecule has 1 aromatic heterocycles. The Morgan fingerprint density at radius 2 is 2.00 bits per heavy atom. The Kier molecular flexibility index (Phi) is 3.50. The minimum absolute atomic E-state index is 0.114. The molecule has 0 unspecified atom stereocenters. The van der Waals surface area contributed by atoms with Gasteiger partial charge in [-0.25, -0.2) is 4.98 Å². The highest BCUT2D eigenvalue weighted by molar-refractivity contribution is 5.32. The molecule has 0 saturated heterocycles. The van der Waals surface area contributed by atoms with Crippen LogP contribution in [0.25, 0.3) is 0 Å². The molecule has 0 fully saturated rings. The van der Waals surface area contributed by atoms with Gasteiger partial charge in [0.25, 0.3) is 0 Å². The number of aromatic nitrogens is 2. The first-order chi connectivity index (χ1) is 8.88. The molecule has 19 heavy (non-hydrogen) atoms. The van der Waals surface area contributed by atoms with Gasteiger partial charge in [-0.05, 0) is 32.0 Å². The van der Waals surface area contributed by atoms with Gasteiger partial charge in [-0.2, -0.15) is 13.2 Å². The normalized spacial score (nSPS) is 11.9. The Morgan fingerprint density at radius 3 is 2.63 bits per heavy atom. The lowest BCUT2D eigenvalue weighted by molar-refractivity contribution is -0.137. The Labute approximate surface area is 108 Å². The maximum atomic E-state index is 12.6. The van der Waals surface area contributed by atoms with E-state index in [1.165, 1.54) is 12.1 Å². The van der Waals surface area contributed by atoms with E-state index >= 15 is 0 Å². The van der Waals surface area contributed by atoms with Crippen LogP contribution in [0.15, 0.2) is 36.7 Å². The van der Waals surface area contributed by atoms with Gasteiger partial charge in [-0.1, -0.05) is 6.07 Å². The van der Waals surface area contributed by atoms with E-state index in [0.29, 0.717) is 0 Å². The maximum Gasteiger partial charge on any atom is 0.416 e. The van der Waals surface area contributed by atoms with Crippen molar-refractivity contribution in [2.24, 2.45) is 0 Å². The summed E-state index contributed by atoms with van der Waals surface area (Å²) in [5.41, 5.74) is -0.743. The average molecular weight is 270 g/mol. The Balaban J connectivity index is 2.26. The second-order valence-electron chi connectivity index (χ2n) is 4.34. The molecule has 102 valence electrons. The van der Waals surface area contributed by atoms with Crippen LogP contribution in [0.1, 0.15) is 25.5 Å². The molecule has 0 N–H and O–H groups in total. The maximum absolute atomic E-state index is 12.6. The van der Waals surface area contributed by atoms with Crippen molar-refractivity contribution in [2.75, 3.05) is 0 Å². The lowest BCUT2D eigenvalue weighted by Crippen LogP contribution is -2.05. The minimum Gasteiger partial charge on any atom is -0.425 e. The number of ether oxygens (including phenoxy) is 1. The third-order valence-corrected chi connectivity index (χ3v) is 2.56. The average Bonchev–Trinajstić information content (AvgIpc) is 2.76. The zero-order valence-electron chi connectivity index (χ0n) is 10.5. The molecule has 0 aliphatic heterocycles. The van der Waals surface area contributed by atoms with Crippen molar-refractivity contribution in [3.05, 3.63) is 42.2 Å². The lowest BCUT2D eigenvalue weighted by atomic mass is 10.2. The van der Waals surface area contributed by atoms with Crippen molar-refractivity contribution < 1.29 is 17.9 Å². The van der Waals surface area contributed by atoms with Crippen molar-refractivity contribution >= 4 is 0 Å². The first-order valence-electron chi connectivity index (χ1n) is 5.76. The number of rotatable bonds is 3. The van der Waals surface area contributed by atoms with E-state index in [4.69, 9.17) is 4.74 Å². The Morgan fingerprint density at radius 1 is 1.26 bits per heavy atom. The van der Waals surface area contributed by atoms with Crippen molar-refractivity contribution in [3.8, 4) is 11.8 Å². The van der Waals surface area contributed by atoms with Crippen molar-refractivity contribution in [2.45, 2.75) is 26.1 Å². The van der Waals surface area contributed by atoms with Gasteiger partial charge in [0.15, 0.2) is 0 Å². The molecule has 0 radical (unpaired) electrons. The summed E-state index contributed by atoms with van der Waals surface area (Å²) >= 11 is 0. The summed E-state index contributed by atoms with van der Waals surface area (Å²) in [4.78, 5) is 3.98. The molecule has 0 saturated carbocycles. The van der Waals surface area contributed by atoms with E-state index in [0.717, 1.165) is 12.1 Å². The second-order valence-corrected chi connectivity index (χ2v) is 4.34. The van der Waals surface area contributed by atoms with Gasteiger partial charge in [0.1, 0.15) is 5.75 Å². The number of nitrogens with zero attached hydrogens (tertiary/aromatic N) is 2. The highest BCUT2D eigenvalue weighted by Gasteiger charge is 2.30. The molecule has 1 heterocycles. The van der Waals surface area contributed by atoms with Crippen LogP contribution >= 0.6 is 0 Å². The molecule has 3 nitrogen and oxygen atoms in total. The Bertz CT molecular complexity index is 561. The molecule has 0 aliphatic carbocycles. The van der Waals surface area contributed by atoms with Crippen LogP contribution in [0.3, 0.4) is 0 Å². The predicted molar refractivity (Wildman–Crippen MR) is 64.1 cm³/mol. The zero-order chi connectivity index (χ0) is 14.0. The zero-order valence-corrected chi connectivity index (χ0v) is 10.5. The van der Waals surface area contributed by atoms with Crippen LogP contribution in [0, 0.1) is 0 Å². The van der Waals surface area contributed by atoms with Gasteiger partial charge >= 0.3 is 12.2 Å². The highest BCUT2D eigenvalue weighted by atomic mass is 19.4. The van der Waals surface area contributed by atoms with Crippen molar-refractivity contribution in [1.82, 2.24) is 9.55 Å². The summed E-state index contributed by atoms with van der Waals surface area (Å²) in [6, 6.07) is 5.12. The summed E-state index contributed by atoms with van der Waals surface area (Å²) in [5.74, 6) is 0.114. The smallest absolute Gasteiger partial charge is 0.416 e. The fraction of sp³-hybridized carbons (Fsp3) is 0.308. The fourth-order valence-corrected chi connectivity index (χ4v) is 1.61. The number of halogens is 3. The fourth-order valence-electron chi connectivity index (χ4n) is 1.61. The van der Waals surface area contributed by atoms with Crippen molar-refractivity contribution in [1.29, 1.82) is 0 Å². The molecule has 0 spiro atoms. The first-order valence-corrected chi connectivity index (χ1v) is 5.76. The van der Waals surface area contributed by atoms with E-state index in [2.05, 4.69) is 4.98 Å². The van der Waals surface area contributed by atoms with E-state index in [-0.39, 0.29) is 17.8 Å². The monoisotopic (exact) mass is 270 g/mol. The number of hydrogen-bond donors (Lipinski definition) is 0. The number of alkyl halides is 3. The summed E-state index contributed by atoms with van der Waals surface area (Å²) in [6.07, 6.45) is -1.12. The molecule has 0 amide bonds. The number of hydrogen-bond acceptors (Lipinski definition) is 2. The van der Waals surface area contributed by atoms with Crippen LogP contribution in [0.4, 0.5) is 13.2 Å². The molecule has 2 rings (SSSR count). The van der Waals surface area contributed by atoms with Crippen LogP contribution in [0.2, 0.25) is 0 Å². The summed E-state index contributed by atoms with van der Waals surface area (Å²) < 4.78 is 44.9. The van der Waals surface area contributed by atoms with Crippen LogP contribution in [-0.2, 0) is 6.18 Å². The largest absolute Gasteiger partial charge is 0.425 e. The molecule has 2 aromatic rings. The van der Waals surface area contributed by atoms with E-state index in [1.807, 2.05) is 13.8 Å². The van der Waals surface area contributed by atoms with Gasteiger partial charge in [0, 0.05) is 18.4 Å². The molecule has 0 bridgehead atoms. The Hall–Kier alpha value is -1.98. The second kappa shape index (κ2) is 4.95. The topological polar surface area (TPSA) is 27.1 Å². The highest BCUT2D eigenvalue weighted by Crippen LogP contribution is 2.32. The molecular formula is C13H13F3N2O. The predicted octanol–water partition coefficient (Wildman–Crippen LogP) is 4.28. The van der Waals surface area contributed by atoms with E-state index in [1.54, 1.807) is 17.0 Å². The van der Waals surface area contributed by atoms with E-state index in [9.17, 15) is 13.2 Å². The standard InChI is InChI=1S/C13H13F3N2O/c1-9(2)18-7-6-17-12(18)19-11-5-3-4-10(8-11)13(14,15)16/h3-9H,1-2H3. The molecular weight excluding hydrogens is 257 g/mol. The summed E-state index contributed by atoms with van der Waals surface area (Å²) in [7, 11) is 0. The molecule has 1 aromatic carbocycles. The third kappa shape index (κ3) is 3.07. The van der Waals surface area contributed by atoms with Gasteiger partial charge in [0.05, 0.1) is 5.56 Å². The SMILES string of the molecule is CC(C)n1ccnc1Oc1cccc(C(F)(F)F)c1. The van der Waals surface area contributed by atoms with Crippen molar-refractivity contribution in [3.63, 3.8) is 0 Å². The minimum atomic E-state index is -4.38. The quantitative estimate of drug-likeness (QED) is 0.832. The van der Waals surface area contributed by atoms with Gasteiger partial charge < -0.3 is 4.74 Å². The van der Waals surface area contributed by atoms with Crippen LogP contribution in [0.5, 0.6) is 11.8 Å². The molecule has 6 heteroatoms. The number of imidazole rings is 1. The summed E-state index contributed by atoms with van der Waals surface area (Å²) in [6.45, 7) is 3.86. The lowest BCUT2D eigenvalue weighted by Gasteiger charge is -2.13. The van der Waals surface area contributed by atoms with Gasteiger partial charge in [-0.3, -0.25) is 4.57 Å².